The summed E-state index contributed by atoms with van der Waals surface area (Å²) in [7, 11) is 0. The van der Waals surface area contributed by atoms with Gasteiger partial charge in [0.2, 0.25) is 0 Å². The second-order valence-corrected chi connectivity index (χ2v) is 22.0. The van der Waals surface area contributed by atoms with Crippen LogP contribution in [0, 0.1) is 0 Å². The molecule has 0 saturated carbocycles. The van der Waals surface area contributed by atoms with Gasteiger partial charge in [-0.3, -0.25) is 14.4 Å². The second kappa shape index (κ2) is 60.7. The highest BCUT2D eigenvalue weighted by molar-refractivity contribution is 5.71. The lowest BCUT2D eigenvalue weighted by Gasteiger charge is -2.18. The Morgan fingerprint density at radius 3 is 0.704 bits per heavy atom. The smallest absolute Gasteiger partial charge is 0.306 e. The van der Waals surface area contributed by atoms with Crippen molar-refractivity contribution in [1.29, 1.82) is 0 Å². The Kier molecular flexibility index (Phi) is 59.1. The fourth-order valence-corrected chi connectivity index (χ4v) is 9.91. The number of allylic oxidation sites excluding steroid dienone is 2. The summed E-state index contributed by atoms with van der Waals surface area (Å²) in [6.07, 6.45) is 70.8. The number of hydrogen-bond acceptors (Lipinski definition) is 6. The zero-order valence-electron chi connectivity index (χ0n) is 48.3. The van der Waals surface area contributed by atoms with Gasteiger partial charge < -0.3 is 14.2 Å². The van der Waals surface area contributed by atoms with Crippen LogP contribution in [0.25, 0.3) is 0 Å². The largest absolute Gasteiger partial charge is 0.462 e. The fourth-order valence-electron chi connectivity index (χ4n) is 9.91. The molecule has 0 aromatic heterocycles. The molecule has 0 rings (SSSR count). The molecule has 6 nitrogen and oxygen atoms in total. The summed E-state index contributed by atoms with van der Waals surface area (Å²) in [6.45, 7) is 6.70. The van der Waals surface area contributed by atoms with Crippen molar-refractivity contribution in [2.75, 3.05) is 13.2 Å². The molecular formula is C65H124O6. The van der Waals surface area contributed by atoms with Crippen molar-refractivity contribution in [2.45, 2.75) is 374 Å². The standard InChI is InChI=1S/C65H124O6/c1-4-7-10-13-16-19-22-25-27-29-30-31-32-33-34-35-37-38-40-43-46-49-52-55-58-64(67)70-61-62(60-69-63(66)57-54-51-48-45-42-24-21-18-15-12-9-6-3)71-65(68)59-56-53-50-47-44-41-39-36-28-26-23-20-17-14-11-8-5-2/h26,28,62H,4-25,27,29-61H2,1-3H3/b28-26-. The van der Waals surface area contributed by atoms with Crippen molar-refractivity contribution >= 4 is 17.9 Å². The molecule has 0 spiro atoms. The summed E-state index contributed by atoms with van der Waals surface area (Å²) in [5.41, 5.74) is 0. The summed E-state index contributed by atoms with van der Waals surface area (Å²) in [6, 6.07) is 0. The van der Waals surface area contributed by atoms with Crippen LogP contribution in [0.2, 0.25) is 0 Å². The van der Waals surface area contributed by atoms with E-state index in [-0.39, 0.29) is 31.1 Å². The first kappa shape index (κ1) is 69.2. The number of carbonyl (C=O) groups is 3. The summed E-state index contributed by atoms with van der Waals surface area (Å²) in [5.74, 6) is -0.841. The highest BCUT2D eigenvalue weighted by atomic mass is 16.6. The molecule has 1 atom stereocenters. The molecule has 0 bridgehead atoms. The number of hydrogen-bond donors (Lipinski definition) is 0. The van der Waals surface area contributed by atoms with E-state index in [1.165, 1.54) is 270 Å². The first-order valence-electron chi connectivity index (χ1n) is 32.2. The van der Waals surface area contributed by atoms with Crippen molar-refractivity contribution in [3.05, 3.63) is 12.2 Å². The van der Waals surface area contributed by atoms with Gasteiger partial charge in [-0.2, -0.15) is 0 Å². The van der Waals surface area contributed by atoms with Crippen LogP contribution in [0.5, 0.6) is 0 Å². The number of rotatable bonds is 60. The van der Waals surface area contributed by atoms with Crippen molar-refractivity contribution in [3.63, 3.8) is 0 Å². The van der Waals surface area contributed by atoms with Gasteiger partial charge in [0.05, 0.1) is 0 Å². The van der Waals surface area contributed by atoms with E-state index in [1.54, 1.807) is 0 Å². The lowest BCUT2D eigenvalue weighted by Crippen LogP contribution is -2.30. The Bertz CT molecular complexity index is 1100. The Morgan fingerprint density at radius 2 is 0.465 bits per heavy atom. The Morgan fingerprint density at radius 1 is 0.268 bits per heavy atom. The molecule has 0 aromatic carbocycles. The average Bonchev–Trinajstić information content (AvgIpc) is 3.37. The van der Waals surface area contributed by atoms with E-state index in [4.69, 9.17) is 14.2 Å². The van der Waals surface area contributed by atoms with Gasteiger partial charge in [0.25, 0.3) is 0 Å². The van der Waals surface area contributed by atoms with Gasteiger partial charge >= 0.3 is 17.9 Å². The van der Waals surface area contributed by atoms with Gasteiger partial charge in [0.15, 0.2) is 6.10 Å². The van der Waals surface area contributed by atoms with E-state index >= 15 is 0 Å². The Balaban J connectivity index is 4.21. The minimum atomic E-state index is -0.767. The predicted octanol–water partition coefficient (Wildman–Crippen LogP) is 21.7. The van der Waals surface area contributed by atoms with Crippen molar-refractivity contribution < 1.29 is 28.6 Å². The monoisotopic (exact) mass is 1000 g/mol. The summed E-state index contributed by atoms with van der Waals surface area (Å²) < 4.78 is 16.9. The van der Waals surface area contributed by atoms with Crippen LogP contribution in [-0.2, 0) is 28.6 Å². The van der Waals surface area contributed by atoms with Crippen LogP contribution < -0.4 is 0 Å². The Labute approximate surface area is 443 Å². The average molecular weight is 1000 g/mol. The van der Waals surface area contributed by atoms with Crippen molar-refractivity contribution in [2.24, 2.45) is 0 Å². The normalized spacial score (nSPS) is 12.0. The van der Waals surface area contributed by atoms with E-state index in [0.29, 0.717) is 19.3 Å². The fraction of sp³-hybridized carbons (Fsp3) is 0.923. The van der Waals surface area contributed by atoms with E-state index in [1.807, 2.05) is 0 Å². The molecule has 0 N–H and O–H groups in total. The lowest BCUT2D eigenvalue weighted by molar-refractivity contribution is -0.167. The van der Waals surface area contributed by atoms with E-state index in [2.05, 4.69) is 32.9 Å². The molecule has 0 aliphatic rings. The summed E-state index contributed by atoms with van der Waals surface area (Å²) >= 11 is 0. The van der Waals surface area contributed by atoms with E-state index in [0.717, 1.165) is 57.8 Å². The molecule has 0 saturated heterocycles. The topological polar surface area (TPSA) is 78.9 Å². The molecule has 0 heterocycles. The number of ether oxygens (including phenoxy) is 3. The molecule has 0 aliphatic carbocycles. The second-order valence-electron chi connectivity index (χ2n) is 22.0. The van der Waals surface area contributed by atoms with Gasteiger partial charge in [0, 0.05) is 19.3 Å². The van der Waals surface area contributed by atoms with E-state index in [9.17, 15) is 14.4 Å². The quantitative estimate of drug-likeness (QED) is 0.0261. The molecule has 0 radical (unpaired) electrons. The molecule has 71 heavy (non-hydrogen) atoms. The SMILES string of the molecule is CCCCCCCC/C=C\CCCCCCCCCC(=O)OC(COC(=O)CCCCCCCCCCCCCC)COC(=O)CCCCCCCCCCCCCCCCCCCCCCCCCC. The van der Waals surface area contributed by atoms with Crippen LogP contribution in [0.3, 0.4) is 0 Å². The van der Waals surface area contributed by atoms with Crippen molar-refractivity contribution in [3.8, 4) is 0 Å². The number of unbranched alkanes of at least 4 members (excludes halogenated alkanes) is 47. The third kappa shape index (κ3) is 58.9. The van der Waals surface area contributed by atoms with Gasteiger partial charge in [-0.15, -0.1) is 0 Å². The van der Waals surface area contributed by atoms with Crippen LogP contribution >= 0.6 is 0 Å². The first-order valence-corrected chi connectivity index (χ1v) is 32.2. The van der Waals surface area contributed by atoms with Crippen LogP contribution in [-0.4, -0.2) is 37.2 Å². The van der Waals surface area contributed by atoms with Crippen LogP contribution in [0.1, 0.15) is 367 Å². The lowest BCUT2D eigenvalue weighted by atomic mass is 10.0. The molecule has 420 valence electrons. The van der Waals surface area contributed by atoms with E-state index < -0.39 is 6.10 Å². The molecular weight excluding hydrogens is 877 g/mol. The third-order valence-corrected chi connectivity index (χ3v) is 14.8. The summed E-state index contributed by atoms with van der Waals surface area (Å²) in [4.78, 5) is 38.2. The predicted molar refractivity (Wildman–Crippen MR) is 307 cm³/mol. The maximum atomic E-state index is 12.9. The van der Waals surface area contributed by atoms with Gasteiger partial charge in [0.1, 0.15) is 13.2 Å². The van der Waals surface area contributed by atoms with Crippen LogP contribution in [0.4, 0.5) is 0 Å². The van der Waals surface area contributed by atoms with Gasteiger partial charge in [-0.1, -0.05) is 315 Å². The maximum Gasteiger partial charge on any atom is 0.306 e. The number of esters is 3. The molecule has 0 amide bonds. The zero-order valence-corrected chi connectivity index (χ0v) is 48.3. The van der Waals surface area contributed by atoms with Crippen LogP contribution in [0.15, 0.2) is 12.2 Å². The molecule has 0 fully saturated rings. The summed E-state index contributed by atoms with van der Waals surface area (Å²) in [5, 5.41) is 0. The van der Waals surface area contributed by atoms with Gasteiger partial charge in [-0.25, -0.2) is 0 Å². The minimum Gasteiger partial charge on any atom is -0.462 e. The highest BCUT2D eigenvalue weighted by Gasteiger charge is 2.19. The van der Waals surface area contributed by atoms with Gasteiger partial charge in [-0.05, 0) is 44.9 Å². The molecule has 0 aromatic rings. The zero-order chi connectivity index (χ0) is 51.4. The highest BCUT2D eigenvalue weighted by Crippen LogP contribution is 2.18. The molecule has 0 aliphatic heterocycles. The third-order valence-electron chi connectivity index (χ3n) is 14.8. The van der Waals surface area contributed by atoms with Crippen molar-refractivity contribution in [1.82, 2.24) is 0 Å². The molecule has 6 heteroatoms. The minimum absolute atomic E-state index is 0.0654. The first-order chi connectivity index (χ1) is 35.0. The maximum absolute atomic E-state index is 12.9. The molecule has 1 unspecified atom stereocenters. The number of carbonyl (C=O) groups excluding carboxylic acids is 3. The Hall–Kier alpha value is -1.85.